The van der Waals surface area contributed by atoms with Gasteiger partial charge in [-0.15, -0.1) is 0 Å². The smallest absolute Gasteiger partial charge is 0.321 e. The molecule has 0 saturated heterocycles. The first-order valence-electron chi connectivity index (χ1n) is 3.89. The number of methoxy groups -OCH3 is 2. The Kier molecular flexibility index (Phi) is 2.28. The molecule has 0 amide bonds. The third-order valence-electron chi connectivity index (χ3n) is 1.81. The lowest BCUT2D eigenvalue weighted by Crippen LogP contribution is -1.96. The molecule has 2 rings (SSSR count). The van der Waals surface area contributed by atoms with E-state index >= 15 is 0 Å². The van der Waals surface area contributed by atoms with Crippen LogP contribution in [-0.4, -0.2) is 29.2 Å². The van der Waals surface area contributed by atoms with Gasteiger partial charge in [0, 0.05) is 10.7 Å². The van der Waals surface area contributed by atoms with Crippen molar-refractivity contribution in [2.45, 2.75) is 0 Å². The van der Waals surface area contributed by atoms with Gasteiger partial charge >= 0.3 is 6.01 Å². The topological polar surface area (TPSA) is 60.0 Å². The van der Waals surface area contributed by atoms with Crippen LogP contribution in [-0.2, 0) is 0 Å². The second-order valence-electron chi connectivity index (χ2n) is 2.58. The molecule has 6 heteroatoms. The molecule has 0 radical (unpaired) electrons. The summed E-state index contributed by atoms with van der Waals surface area (Å²) in [7, 11) is 3.07. The minimum atomic E-state index is 0.281. The van der Waals surface area contributed by atoms with Crippen molar-refractivity contribution in [3.8, 4) is 11.9 Å². The maximum Gasteiger partial charge on any atom is 0.321 e. The molecule has 0 unspecified atom stereocenters. The first-order chi connectivity index (χ1) is 6.76. The lowest BCUT2D eigenvalue weighted by Gasteiger charge is -2.03. The van der Waals surface area contributed by atoms with Crippen molar-refractivity contribution >= 4 is 27.0 Å². The summed E-state index contributed by atoms with van der Waals surface area (Å²) in [5.74, 6) is 0.486. The Morgan fingerprint density at radius 1 is 1.29 bits per heavy atom. The highest BCUT2D eigenvalue weighted by Crippen LogP contribution is 2.30. The van der Waals surface area contributed by atoms with Crippen LogP contribution in [0, 0.1) is 0 Å². The third-order valence-corrected chi connectivity index (χ3v) is 2.43. The Morgan fingerprint density at radius 2 is 2.07 bits per heavy atom. The van der Waals surface area contributed by atoms with E-state index in [1.165, 1.54) is 7.11 Å². The van der Waals surface area contributed by atoms with Gasteiger partial charge in [0.05, 0.1) is 19.6 Å². The maximum atomic E-state index is 5.13. The predicted octanol–water partition coefficient (Wildman–Crippen LogP) is 1.74. The van der Waals surface area contributed by atoms with Gasteiger partial charge in [0.25, 0.3) is 0 Å². The lowest BCUT2D eigenvalue weighted by molar-refractivity contribution is 0.356. The zero-order valence-electron chi connectivity index (χ0n) is 7.67. The quantitative estimate of drug-likeness (QED) is 0.891. The predicted molar refractivity (Wildman–Crippen MR) is 54.7 cm³/mol. The van der Waals surface area contributed by atoms with E-state index in [0.717, 1.165) is 9.86 Å². The lowest BCUT2D eigenvalue weighted by atomic mass is 10.4. The molecule has 5 nitrogen and oxygen atoms in total. The van der Waals surface area contributed by atoms with E-state index in [1.54, 1.807) is 13.3 Å². The highest BCUT2D eigenvalue weighted by Gasteiger charge is 2.12. The molecule has 0 saturated carbocycles. The number of nitrogens with one attached hydrogen (secondary N) is 1. The van der Waals surface area contributed by atoms with Gasteiger partial charge in [0.2, 0.25) is 5.88 Å². The standard InChI is InChI=1S/C8H8BrN3O2/c1-13-7-5-4(9)3-10-6(5)11-8(12-7)14-2/h3H,1-2H3,(H,10,11,12). The summed E-state index contributed by atoms with van der Waals surface area (Å²) in [5, 5.41) is 0.813. The van der Waals surface area contributed by atoms with Gasteiger partial charge in [-0.3, -0.25) is 0 Å². The van der Waals surface area contributed by atoms with Crippen LogP contribution in [0.25, 0.3) is 11.0 Å². The Hall–Kier alpha value is -1.30. The van der Waals surface area contributed by atoms with Gasteiger partial charge in [-0.05, 0) is 15.9 Å². The van der Waals surface area contributed by atoms with Crippen LogP contribution in [0.15, 0.2) is 10.7 Å². The van der Waals surface area contributed by atoms with Crippen LogP contribution in [0.3, 0.4) is 0 Å². The number of aromatic nitrogens is 3. The zero-order valence-corrected chi connectivity index (χ0v) is 9.25. The molecule has 0 aromatic carbocycles. The number of halogens is 1. The van der Waals surface area contributed by atoms with Gasteiger partial charge in [-0.2, -0.15) is 9.97 Å². The fourth-order valence-corrected chi connectivity index (χ4v) is 1.66. The Labute approximate surface area is 88.6 Å². The summed E-state index contributed by atoms with van der Waals surface area (Å²) in [5.41, 5.74) is 0.681. The van der Waals surface area contributed by atoms with E-state index in [2.05, 4.69) is 30.9 Å². The number of H-pyrrole nitrogens is 1. The average molecular weight is 258 g/mol. The number of hydrogen-bond donors (Lipinski definition) is 1. The molecule has 0 aliphatic carbocycles. The second kappa shape index (κ2) is 3.45. The van der Waals surface area contributed by atoms with Crippen molar-refractivity contribution in [1.82, 2.24) is 15.0 Å². The minimum Gasteiger partial charge on any atom is -0.480 e. The number of rotatable bonds is 2. The van der Waals surface area contributed by atoms with Gasteiger partial charge in [0.15, 0.2) is 0 Å². The molecule has 2 aromatic heterocycles. The van der Waals surface area contributed by atoms with Crippen LogP contribution in [0.5, 0.6) is 11.9 Å². The third kappa shape index (κ3) is 1.31. The molecular formula is C8H8BrN3O2. The first-order valence-corrected chi connectivity index (χ1v) is 4.68. The Balaban J connectivity index is 2.76. The Morgan fingerprint density at radius 3 is 2.71 bits per heavy atom. The Bertz CT molecular complexity index is 469. The van der Waals surface area contributed by atoms with Crippen LogP contribution in [0.1, 0.15) is 0 Å². The van der Waals surface area contributed by atoms with E-state index in [-0.39, 0.29) is 6.01 Å². The summed E-state index contributed by atoms with van der Waals surface area (Å²) in [6, 6.07) is 0.281. The normalized spacial score (nSPS) is 10.5. The molecule has 2 aromatic rings. The second-order valence-corrected chi connectivity index (χ2v) is 3.43. The number of aromatic amines is 1. The minimum absolute atomic E-state index is 0.281. The number of hydrogen-bond acceptors (Lipinski definition) is 4. The summed E-state index contributed by atoms with van der Waals surface area (Å²) in [6.45, 7) is 0. The molecule has 74 valence electrons. The fourth-order valence-electron chi connectivity index (χ4n) is 1.18. The van der Waals surface area contributed by atoms with Crippen molar-refractivity contribution in [3.63, 3.8) is 0 Å². The van der Waals surface area contributed by atoms with E-state index < -0.39 is 0 Å². The van der Waals surface area contributed by atoms with Crippen molar-refractivity contribution in [3.05, 3.63) is 10.7 Å². The summed E-state index contributed by atoms with van der Waals surface area (Å²) < 4.78 is 10.9. The highest BCUT2D eigenvalue weighted by atomic mass is 79.9. The molecule has 0 aliphatic rings. The van der Waals surface area contributed by atoms with Gasteiger partial charge < -0.3 is 14.5 Å². The summed E-state index contributed by atoms with van der Waals surface area (Å²) in [4.78, 5) is 11.2. The van der Waals surface area contributed by atoms with E-state index in [9.17, 15) is 0 Å². The van der Waals surface area contributed by atoms with Crippen LogP contribution in [0.2, 0.25) is 0 Å². The van der Waals surface area contributed by atoms with E-state index in [4.69, 9.17) is 9.47 Å². The van der Waals surface area contributed by atoms with Crippen molar-refractivity contribution in [1.29, 1.82) is 0 Å². The number of nitrogens with zero attached hydrogens (tertiary/aromatic N) is 2. The average Bonchev–Trinajstić information content (AvgIpc) is 2.59. The molecule has 2 heterocycles. The molecular weight excluding hydrogens is 250 g/mol. The number of fused-ring (bicyclic) bond motifs is 1. The summed E-state index contributed by atoms with van der Waals surface area (Å²) >= 11 is 3.37. The first kappa shape index (κ1) is 9.26. The summed E-state index contributed by atoms with van der Waals surface area (Å²) in [6.07, 6.45) is 1.78. The SMILES string of the molecule is COc1nc(OC)c2c(Br)c[nH]c2n1. The highest BCUT2D eigenvalue weighted by molar-refractivity contribution is 9.10. The molecule has 1 N–H and O–H groups in total. The maximum absolute atomic E-state index is 5.13. The van der Waals surface area contributed by atoms with Gasteiger partial charge in [0.1, 0.15) is 5.65 Å². The molecule has 0 atom stereocenters. The largest absolute Gasteiger partial charge is 0.480 e. The molecule has 0 aliphatic heterocycles. The monoisotopic (exact) mass is 257 g/mol. The van der Waals surface area contributed by atoms with Gasteiger partial charge in [-0.25, -0.2) is 0 Å². The van der Waals surface area contributed by atoms with Crippen molar-refractivity contribution < 1.29 is 9.47 Å². The van der Waals surface area contributed by atoms with Crippen LogP contribution < -0.4 is 9.47 Å². The molecule has 14 heavy (non-hydrogen) atoms. The fraction of sp³-hybridized carbons (Fsp3) is 0.250. The van der Waals surface area contributed by atoms with Crippen LogP contribution >= 0.6 is 15.9 Å². The molecule has 0 fully saturated rings. The van der Waals surface area contributed by atoms with E-state index in [0.29, 0.717) is 11.5 Å². The zero-order chi connectivity index (χ0) is 10.1. The number of ether oxygens (including phenoxy) is 2. The molecule has 0 bridgehead atoms. The molecule has 0 spiro atoms. The van der Waals surface area contributed by atoms with Crippen LogP contribution in [0.4, 0.5) is 0 Å². The van der Waals surface area contributed by atoms with Crippen molar-refractivity contribution in [2.24, 2.45) is 0 Å². The van der Waals surface area contributed by atoms with Crippen molar-refractivity contribution in [2.75, 3.05) is 14.2 Å². The van der Waals surface area contributed by atoms with Gasteiger partial charge in [-0.1, -0.05) is 0 Å². The van der Waals surface area contributed by atoms with E-state index in [1.807, 2.05) is 0 Å².